The average Bonchev–Trinajstić information content (AvgIpc) is 3.12. The van der Waals surface area contributed by atoms with E-state index in [0.29, 0.717) is 28.8 Å². The predicted octanol–water partition coefficient (Wildman–Crippen LogP) is 4.01. The van der Waals surface area contributed by atoms with Crippen LogP contribution in [0.5, 0.6) is 0 Å². The van der Waals surface area contributed by atoms with Gasteiger partial charge in [0.05, 0.1) is 17.1 Å². The van der Waals surface area contributed by atoms with E-state index in [0.717, 1.165) is 16.8 Å². The maximum atomic E-state index is 14.0. The zero-order valence-corrected chi connectivity index (χ0v) is 16.4. The number of rotatable bonds is 4. The number of benzene rings is 1. The van der Waals surface area contributed by atoms with Crippen LogP contribution in [-0.4, -0.2) is 29.5 Å². The third kappa shape index (κ3) is 3.35. The molecule has 0 amide bonds. The molecule has 7 nitrogen and oxygen atoms in total. The first-order valence-electron chi connectivity index (χ1n) is 8.96. The van der Waals surface area contributed by atoms with Crippen molar-refractivity contribution in [3.63, 3.8) is 0 Å². The molecule has 0 atom stereocenters. The molecule has 0 fully saturated rings. The van der Waals surface area contributed by atoms with Gasteiger partial charge in [-0.25, -0.2) is 23.4 Å². The molecule has 0 radical (unpaired) electrons. The molecule has 0 spiro atoms. The van der Waals surface area contributed by atoms with Crippen molar-refractivity contribution in [3.05, 3.63) is 65.2 Å². The van der Waals surface area contributed by atoms with Gasteiger partial charge in [0.2, 0.25) is 0 Å². The number of halogens is 2. The SMILES string of the molecule is Cc1nn(-c2cc(Nc3nn(C)c(-c4ccc(F)cc4)c3C)ncn2)c(C)c1F. The van der Waals surface area contributed by atoms with Gasteiger partial charge in [-0.05, 0) is 45.0 Å². The van der Waals surface area contributed by atoms with Crippen LogP contribution in [0.2, 0.25) is 0 Å². The molecule has 3 heterocycles. The summed E-state index contributed by atoms with van der Waals surface area (Å²) in [7, 11) is 1.82. The van der Waals surface area contributed by atoms with Crippen LogP contribution in [0.15, 0.2) is 36.7 Å². The van der Waals surface area contributed by atoms with Gasteiger partial charge in [0.15, 0.2) is 17.5 Å². The number of aryl methyl sites for hydroxylation is 2. The Hall–Kier alpha value is -3.62. The molecule has 0 unspecified atom stereocenters. The van der Waals surface area contributed by atoms with Crippen molar-refractivity contribution in [2.75, 3.05) is 5.32 Å². The highest BCUT2D eigenvalue weighted by Crippen LogP contribution is 2.29. The van der Waals surface area contributed by atoms with E-state index in [4.69, 9.17) is 0 Å². The molecule has 29 heavy (non-hydrogen) atoms. The van der Waals surface area contributed by atoms with Gasteiger partial charge in [0.25, 0.3) is 0 Å². The van der Waals surface area contributed by atoms with Crippen LogP contribution in [0.4, 0.5) is 20.4 Å². The second-order valence-corrected chi connectivity index (χ2v) is 6.74. The van der Waals surface area contributed by atoms with E-state index < -0.39 is 0 Å². The van der Waals surface area contributed by atoms with E-state index in [1.54, 1.807) is 36.7 Å². The lowest BCUT2D eigenvalue weighted by Gasteiger charge is -2.07. The smallest absolute Gasteiger partial charge is 0.167 e. The van der Waals surface area contributed by atoms with Crippen molar-refractivity contribution in [2.45, 2.75) is 20.8 Å². The molecule has 0 saturated heterocycles. The Morgan fingerprint density at radius 1 is 0.966 bits per heavy atom. The molecule has 0 aliphatic rings. The normalized spacial score (nSPS) is 11.1. The lowest BCUT2D eigenvalue weighted by atomic mass is 10.1. The molecule has 0 aliphatic heterocycles. The van der Waals surface area contributed by atoms with E-state index in [1.807, 2.05) is 14.0 Å². The van der Waals surface area contributed by atoms with Crippen molar-refractivity contribution in [3.8, 4) is 17.1 Å². The maximum absolute atomic E-state index is 14.0. The summed E-state index contributed by atoms with van der Waals surface area (Å²) in [5, 5.41) is 11.9. The first kappa shape index (κ1) is 18.7. The summed E-state index contributed by atoms with van der Waals surface area (Å²) in [5.41, 5.74) is 3.28. The molecule has 3 aromatic heterocycles. The van der Waals surface area contributed by atoms with Crippen molar-refractivity contribution in [1.82, 2.24) is 29.5 Å². The third-order valence-electron chi connectivity index (χ3n) is 4.72. The quantitative estimate of drug-likeness (QED) is 0.565. The third-order valence-corrected chi connectivity index (χ3v) is 4.72. The lowest BCUT2D eigenvalue weighted by molar-refractivity contribution is 0.608. The fraction of sp³-hybridized carbons (Fsp3) is 0.200. The minimum absolute atomic E-state index is 0.291. The standard InChI is InChI=1S/C20H19F2N7/c1-11-19(14-5-7-15(21)8-6-14)28(4)27-20(11)25-16-9-17(24-10-23-16)29-13(3)18(22)12(2)26-29/h5-10H,1-4H3,(H,23,24,25,27). The zero-order valence-electron chi connectivity index (χ0n) is 16.4. The van der Waals surface area contributed by atoms with E-state index in [-0.39, 0.29) is 11.6 Å². The number of anilines is 2. The van der Waals surface area contributed by atoms with Crippen LogP contribution in [0.1, 0.15) is 17.0 Å². The van der Waals surface area contributed by atoms with Gasteiger partial charge in [0.1, 0.15) is 18.0 Å². The minimum Gasteiger partial charge on any atom is -0.323 e. The first-order chi connectivity index (χ1) is 13.8. The van der Waals surface area contributed by atoms with Crippen LogP contribution < -0.4 is 5.32 Å². The molecule has 1 N–H and O–H groups in total. The second kappa shape index (κ2) is 7.08. The summed E-state index contributed by atoms with van der Waals surface area (Å²) >= 11 is 0. The number of nitrogens with one attached hydrogen (secondary N) is 1. The number of nitrogens with zero attached hydrogens (tertiary/aromatic N) is 6. The largest absolute Gasteiger partial charge is 0.323 e. The van der Waals surface area contributed by atoms with Crippen molar-refractivity contribution in [1.29, 1.82) is 0 Å². The van der Waals surface area contributed by atoms with E-state index in [1.165, 1.54) is 23.1 Å². The molecular formula is C20H19F2N7. The summed E-state index contributed by atoms with van der Waals surface area (Å²) in [5.74, 6) is 0.897. The Morgan fingerprint density at radius 2 is 1.69 bits per heavy atom. The fourth-order valence-electron chi connectivity index (χ4n) is 3.26. The molecule has 4 rings (SSSR count). The minimum atomic E-state index is -0.359. The molecule has 1 aromatic carbocycles. The molecule has 4 aromatic rings. The van der Waals surface area contributed by atoms with E-state index in [9.17, 15) is 8.78 Å². The Morgan fingerprint density at radius 3 is 2.34 bits per heavy atom. The van der Waals surface area contributed by atoms with E-state index in [2.05, 4.69) is 25.5 Å². The Kier molecular flexibility index (Phi) is 4.57. The molecule has 0 aliphatic carbocycles. The second-order valence-electron chi connectivity index (χ2n) is 6.74. The van der Waals surface area contributed by atoms with Gasteiger partial charge in [-0.3, -0.25) is 4.68 Å². The Balaban J connectivity index is 1.68. The molecule has 148 valence electrons. The Bertz CT molecular complexity index is 1190. The predicted molar refractivity (Wildman–Crippen MR) is 105 cm³/mol. The van der Waals surface area contributed by atoms with Gasteiger partial charge in [-0.1, -0.05) is 0 Å². The Labute approximate surface area is 166 Å². The van der Waals surface area contributed by atoms with Crippen LogP contribution in [0.25, 0.3) is 17.1 Å². The summed E-state index contributed by atoms with van der Waals surface area (Å²) in [4.78, 5) is 8.42. The highest BCUT2D eigenvalue weighted by molar-refractivity contribution is 5.71. The van der Waals surface area contributed by atoms with Crippen LogP contribution in [-0.2, 0) is 7.05 Å². The number of hydrogen-bond acceptors (Lipinski definition) is 5. The monoisotopic (exact) mass is 395 g/mol. The van der Waals surface area contributed by atoms with Crippen molar-refractivity contribution in [2.24, 2.45) is 7.05 Å². The summed E-state index contributed by atoms with van der Waals surface area (Å²) in [6, 6.07) is 7.93. The average molecular weight is 395 g/mol. The molecule has 0 bridgehead atoms. The zero-order chi connectivity index (χ0) is 20.7. The fourth-order valence-corrected chi connectivity index (χ4v) is 3.26. The molecular weight excluding hydrogens is 376 g/mol. The van der Waals surface area contributed by atoms with Gasteiger partial charge in [0, 0.05) is 24.2 Å². The van der Waals surface area contributed by atoms with E-state index >= 15 is 0 Å². The van der Waals surface area contributed by atoms with Crippen molar-refractivity contribution >= 4 is 11.6 Å². The summed E-state index contributed by atoms with van der Waals surface area (Å²) in [6.45, 7) is 5.17. The van der Waals surface area contributed by atoms with Crippen LogP contribution in [0, 0.1) is 32.4 Å². The van der Waals surface area contributed by atoms with Crippen molar-refractivity contribution < 1.29 is 8.78 Å². The van der Waals surface area contributed by atoms with Crippen LogP contribution in [0.3, 0.4) is 0 Å². The van der Waals surface area contributed by atoms with Gasteiger partial charge in [-0.15, -0.1) is 0 Å². The number of aromatic nitrogens is 6. The molecule has 0 saturated carbocycles. The van der Waals surface area contributed by atoms with Gasteiger partial charge in [-0.2, -0.15) is 10.2 Å². The highest BCUT2D eigenvalue weighted by atomic mass is 19.1. The topological polar surface area (TPSA) is 73.5 Å². The molecule has 9 heteroatoms. The first-order valence-corrected chi connectivity index (χ1v) is 8.96. The van der Waals surface area contributed by atoms with Gasteiger partial charge >= 0.3 is 0 Å². The highest BCUT2D eigenvalue weighted by Gasteiger charge is 2.17. The lowest BCUT2D eigenvalue weighted by Crippen LogP contribution is -2.05. The van der Waals surface area contributed by atoms with Gasteiger partial charge < -0.3 is 5.32 Å². The maximum Gasteiger partial charge on any atom is 0.167 e. The number of hydrogen-bond donors (Lipinski definition) is 1. The summed E-state index contributed by atoms with van der Waals surface area (Å²) < 4.78 is 30.4. The van der Waals surface area contributed by atoms with Crippen LogP contribution >= 0.6 is 0 Å². The summed E-state index contributed by atoms with van der Waals surface area (Å²) in [6.07, 6.45) is 1.38.